The Morgan fingerprint density at radius 3 is 1.93 bits per heavy atom. The SMILES string of the molecule is O=S(=O)(CC(O)Cn1c2ccc(Br)cc2c2cc(Br)ccc21)c1ccccc1. The van der Waals surface area contributed by atoms with Gasteiger partial charge < -0.3 is 9.67 Å². The second-order valence-corrected chi connectivity index (χ2v) is 10.5. The van der Waals surface area contributed by atoms with E-state index in [1.807, 2.05) is 41.0 Å². The summed E-state index contributed by atoms with van der Waals surface area (Å²) in [6.45, 7) is 0.190. The molecule has 0 spiro atoms. The summed E-state index contributed by atoms with van der Waals surface area (Å²) in [6.07, 6.45) is -1.03. The van der Waals surface area contributed by atoms with Gasteiger partial charge in [0.25, 0.3) is 0 Å². The van der Waals surface area contributed by atoms with Crippen LogP contribution in [0.5, 0.6) is 0 Å². The third kappa shape index (κ3) is 3.76. The van der Waals surface area contributed by atoms with Crippen LogP contribution in [0.2, 0.25) is 0 Å². The van der Waals surface area contributed by atoms with Gasteiger partial charge in [-0.05, 0) is 48.5 Å². The van der Waals surface area contributed by atoms with Crippen LogP contribution >= 0.6 is 31.9 Å². The third-order valence-electron chi connectivity index (χ3n) is 4.70. The van der Waals surface area contributed by atoms with Gasteiger partial charge in [-0.2, -0.15) is 0 Å². The highest BCUT2D eigenvalue weighted by molar-refractivity contribution is 9.10. The molecule has 0 aliphatic heterocycles. The zero-order chi connectivity index (χ0) is 19.9. The molecule has 0 saturated carbocycles. The molecule has 4 aromatic rings. The fourth-order valence-electron chi connectivity index (χ4n) is 3.49. The average molecular weight is 523 g/mol. The highest BCUT2D eigenvalue weighted by Crippen LogP contribution is 2.33. The second-order valence-electron chi connectivity index (χ2n) is 6.68. The first kappa shape index (κ1) is 19.6. The van der Waals surface area contributed by atoms with E-state index in [0.717, 1.165) is 30.8 Å². The molecule has 28 heavy (non-hydrogen) atoms. The van der Waals surface area contributed by atoms with E-state index in [4.69, 9.17) is 0 Å². The summed E-state index contributed by atoms with van der Waals surface area (Å²) >= 11 is 7.03. The Labute approximate surface area is 180 Å². The van der Waals surface area contributed by atoms with E-state index < -0.39 is 15.9 Å². The monoisotopic (exact) mass is 521 g/mol. The predicted molar refractivity (Wildman–Crippen MR) is 119 cm³/mol. The molecule has 1 aromatic heterocycles. The predicted octanol–water partition coefficient (Wildman–Crippen LogP) is 5.15. The Hall–Kier alpha value is -1.67. The average Bonchev–Trinajstić information content (AvgIpc) is 2.94. The number of hydrogen-bond donors (Lipinski definition) is 1. The molecular formula is C21H17Br2NO3S. The van der Waals surface area contributed by atoms with Gasteiger partial charge in [0.05, 0.1) is 23.3 Å². The zero-order valence-corrected chi connectivity index (χ0v) is 18.7. The van der Waals surface area contributed by atoms with Crippen molar-refractivity contribution in [1.29, 1.82) is 0 Å². The molecule has 1 N–H and O–H groups in total. The van der Waals surface area contributed by atoms with Crippen molar-refractivity contribution < 1.29 is 13.5 Å². The van der Waals surface area contributed by atoms with E-state index in [9.17, 15) is 13.5 Å². The van der Waals surface area contributed by atoms with E-state index >= 15 is 0 Å². The number of aromatic nitrogens is 1. The molecule has 0 aliphatic carbocycles. The first-order valence-corrected chi connectivity index (χ1v) is 11.9. The van der Waals surface area contributed by atoms with Gasteiger partial charge in [0, 0.05) is 30.8 Å². The third-order valence-corrected chi connectivity index (χ3v) is 7.50. The summed E-state index contributed by atoms with van der Waals surface area (Å²) in [5.41, 5.74) is 1.90. The fourth-order valence-corrected chi connectivity index (χ4v) is 5.58. The maximum atomic E-state index is 12.6. The molecule has 3 aromatic carbocycles. The molecule has 0 amide bonds. The minimum Gasteiger partial charge on any atom is -0.390 e. The summed E-state index contributed by atoms with van der Waals surface area (Å²) in [5, 5.41) is 12.7. The number of halogens is 2. The normalized spacial score (nSPS) is 13.2. The quantitative estimate of drug-likeness (QED) is 0.394. The van der Waals surface area contributed by atoms with Crippen molar-refractivity contribution in [2.45, 2.75) is 17.5 Å². The number of nitrogens with zero attached hydrogens (tertiary/aromatic N) is 1. The van der Waals surface area contributed by atoms with Crippen LogP contribution in [0.3, 0.4) is 0 Å². The smallest absolute Gasteiger partial charge is 0.180 e. The molecule has 0 fully saturated rings. The van der Waals surface area contributed by atoms with Gasteiger partial charge in [-0.1, -0.05) is 50.1 Å². The van der Waals surface area contributed by atoms with E-state index in [-0.39, 0.29) is 17.2 Å². The van der Waals surface area contributed by atoms with Crippen LogP contribution in [0.1, 0.15) is 0 Å². The van der Waals surface area contributed by atoms with Crippen molar-refractivity contribution in [2.75, 3.05) is 5.75 Å². The number of aliphatic hydroxyl groups is 1. The molecule has 1 unspecified atom stereocenters. The summed E-state index contributed by atoms with van der Waals surface area (Å²) in [5.74, 6) is -0.328. The Bertz CT molecular complexity index is 1210. The number of aliphatic hydroxyl groups excluding tert-OH is 1. The number of sulfone groups is 1. The van der Waals surface area contributed by atoms with Crippen LogP contribution in [0.15, 0.2) is 80.6 Å². The zero-order valence-electron chi connectivity index (χ0n) is 14.7. The molecule has 1 atom stereocenters. The van der Waals surface area contributed by atoms with Crippen LogP contribution < -0.4 is 0 Å². The van der Waals surface area contributed by atoms with Crippen LogP contribution in [0.25, 0.3) is 21.8 Å². The maximum Gasteiger partial charge on any atom is 0.180 e. The molecule has 4 rings (SSSR count). The molecule has 0 bridgehead atoms. The van der Waals surface area contributed by atoms with Crippen LogP contribution in [-0.4, -0.2) is 29.9 Å². The highest BCUT2D eigenvalue weighted by atomic mass is 79.9. The molecule has 0 radical (unpaired) electrons. The lowest BCUT2D eigenvalue weighted by molar-refractivity contribution is 0.179. The Morgan fingerprint density at radius 2 is 1.39 bits per heavy atom. The Morgan fingerprint density at radius 1 is 0.857 bits per heavy atom. The number of fused-ring (bicyclic) bond motifs is 3. The van der Waals surface area contributed by atoms with Gasteiger partial charge in [-0.25, -0.2) is 8.42 Å². The van der Waals surface area contributed by atoms with Crippen LogP contribution in [0.4, 0.5) is 0 Å². The van der Waals surface area contributed by atoms with Crippen molar-refractivity contribution in [3.05, 3.63) is 75.7 Å². The molecule has 7 heteroatoms. The Kier molecular flexibility index (Phi) is 5.35. The molecule has 0 saturated heterocycles. The number of rotatable bonds is 5. The van der Waals surface area contributed by atoms with Gasteiger partial charge in [0.2, 0.25) is 0 Å². The lowest BCUT2D eigenvalue weighted by atomic mass is 10.2. The van der Waals surface area contributed by atoms with Crippen molar-refractivity contribution in [1.82, 2.24) is 4.57 Å². The van der Waals surface area contributed by atoms with Gasteiger partial charge in [-0.3, -0.25) is 0 Å². The van der Waals surface area contributed by atoms with Gasteiger partial charge >= 0.3 is 0 Å². The lowest BCUT2D eigenvalue weighted by Crippen LogP contribution is -2.25. The van der Waals surface area contributed by atoms with E-state index in [1.165, 1.54) is 0 Å². The van der Waals surface area contributed by atoms with E-state index in [0.29, 0.717) is 0 Å². The summed E-state index contributed by atoms with van der Waals surface area (Å²) in [7, 11) is -3.56. The summed E-state index contributed by atoms with van der Waals surface area (Å²) in [6, 6.07) is 20.2. The van der Waals surface area contributed by atoms with Gasteiger partial charge in [0.1, 0.15) is 0 Å². The highest BCUT2D eigenvalue weighted by Gasteiger charge is 2.21. The molecule has 144 valence electrons. The lowest BCUT2D eigenvalue weighted by Gasteiger charge is -2.14. The molecule has 1 heterocycles. The Balaban J connectivity index is 1.73. The summed E-state index contributed by atoms with van der Waals surface area (Å²) < 4.78 is 29.1. The number of benzene rings is 3. The van der Waals surface area contributed by atoms with Crippen molar-refractivity contribution in [3.63, 3.8) is 0 Å². The van der Waals surface area contributed by atoms with Gasteiger partial charge in [-0.15, -0.1) is 0 Å². The fraction of sp³-hybridized carbons (Fsp3) is 0.143. The largest absolute Gasteiger partial charge is 0.390 e. The van der Waals surface area contributed by atoms with Crippen molar-refractivity contribution in [3.8, 4) is 0 Å². The minimum absolute atomic E-state index is 0.190. The van der Waals surface area contributed by atoms with Crippen molar-refractivity contribution >= 4 is 63.5 Å². The molecule has 4 nitrogen and oxygen atoms in total. The van der Waals surface area contributed by atoms with Crippen molar-refractivity contribution in [2.24, 2.45) is 0 Å². The van der Waals surface area contributed by atoms with E-state index in [2.05, 4.69) is 31.9 Å². The maximum absolute atomic E-state index is 12.6. The standard InChI is InChI=1S/C21H17Br2NO3S/c22-14-6-8-20-18(10-14)19-11-15(23)7-9-21(19)24(20)12-16(25)13-28(26,27)17-4-2-1-3-5-17/h1-11,16,25H,12-13H2. The minimum atomic E-state index is -3.56. The molecule has 0 aliphatic rings. The second kappa shape index (κ2) is 7.63. The first-order valence-electron chi connectivity index (χ1n) is 8.68. The van der Waals surface area contributed by atoms with Crippen LogP contribution in [0, 0.1) is 0 Å². The summed E-state index contributed by atoms with van der Waals surface area (Å²) in [4.78, 5) is 0.226. The molecular weight excluding hydrogens is 506 g/mol. The first-order chi connectivity index (χ1) is 13.3. The van der Waals surface area contributed by atoms with Crippen LogP contribution in [-0.2, 0) is 16.4 Å². The number of hydrogen-bond acceptors (Lipinski definition) is 3. The topological polar surface area (TPSA) is 59.3 Å². The van der Waals surface area contributed by atoms with E-state index in [1.54, 1.807) is 30.3 Å². The van der Waals surface area contributed by atoms with Gasteiger partial charge in [0.15, 0.2) is 9.84 Å².